The van der Waals surface area contributed by atoms with Crippen LogP contribution < -0.4 is 10.6 Å². The summed E-state index contributed by atoms with van der Waals surface area (Å²) < 4.78 is 37.6. The van der Waals surface area contributed by atoms with Crippen LogP contribution in [0, 0.1) is 0 Å². The maximum Gasteiger partial charge on any atom is 0.434 e. The number of aromatic nitrogens is 1. The molecule has 5 nitrogen and oxygen atoms in total. The molecule has 2 N–H and O–H groups in total. The highest BCUT2D eigenvalue weighted by atomic mass is 32.1. The molecule has 0 unspecified atom stereocenters. The maximum absolute atomic E-state index is 12.5. The SMILES string of the molecule is CN=C(NCCc1nc(C(F)(F)F)cs1)NCCN(C)C1CCCC1. The first-order valence-corrected chi connectivity index (χ1v) is 9.44. The van der Waals surface area contributed by atoms with E-state index in [4.69, 9.17) is 0 Å². The molecule has 1 saturated carbocycles. The minimum absolute atomic E-state index is 0.434. The quantitative estimate of drug-likeness (QED) is 0.567. The highest BCUT2D eigenvalue weighted by Gasteiger charge is 2.33. The molecule has 1 fully saturated rings. The van der Waals surface area contributed by atoms with Crippen LogP contribution in [0.3, 0.4) is 0 Å². The van der Waals surface area contributed by atoms with Crippen molar-refractivity contribution in [3.63, 3.8) is 0 Å². The Kier molecular flexibility index (Phi) is 7.49. The first-order chi connectivity index (χ1) is 11.9. The summed E-state index contributed by atoms with van der Waals surface area (Å²) in [4.78, 5) is 10.1. The molecule has 1 heterocycles. The third kappa shape index (κ3) is 6.47. The van der Waals surface area contributed by atoms with E-state index in [0.29, 0.717) is 30.0 Å². The minimum atomic E-state index is -4.37. The van der Waals surface area contributed by atoms with E-state index in [1.807, 2.05) is 0 Å². The molecule has 1 aromatic heterocycles. The summed E-state index contributed by atoms with van der Waals surface area (Å²) in [6.07, 6.45) is 1.25. The third-order valence-electron chi connectivity index (χ3n) is 4.40. The van der Waals surface area contributed by atoms with Crippen molar-refractivity contribution in [1.82, 2.24) is 20.5 Å². The van der Waals surface area contributed by atoms with Crippen LogP contribution >= 0.6 is 11.3 Å². The van der Waals surface area contributed by atoms with Gasteiger partial charge >= 0.3 is 6.18 Å². The van der Waals surface area contributed by atoms with Gasteiger partial charge in [0.25, 0.3) is 0 Å². The second-order valence-corrected chi connectivity index (χ2v) is 7.16. The zero-order valence-corrected chi connectivity index (χ0v) is 15.5. The molecular formula is C16H26F3N5S. The third-order valence-corrected chi connectivity index (χ3v) is 5.31. The molecule has 9 heteroatoms. The zero-order chi connectivity index (χ0) is 18.3. The van der Waals surface area contributed by atoms with Gasteiger partial charge in [-0.3, -0.25) is 4.99 Å². The number of likely N-dealkylation sites (N-methyl/N-ethyl adjacent to an activating group) is 1. The molecule has 0 aromatic carbocycles. The van der Waals surface area contributed by atoms with E-state index in [9.17, 15) is 13.2 Å². The predicted octanol–water partition coefficient (Wildman–Crippen LogP) is 2.74. The van der Waals surface area contributed by atoms with Crippen molar-refractivity contribution >= 4 is 17.3 Å². The molecule has 0 amide bonds. The first-order valence-electron chi connectivity index (χ1n) is 8.56. The van der Waals surface area contributed by atoms with Crippen LogP contribution in [0.1, 0.15) is 36.4 Å². The van der Waals surface area contributed by atoms with E-state index in [1.165, 1.54) is 25.7 Å². The average Bonchev–Trinajstić information content (AvgIpc) is 3.24. The van der Waals surface area contributed by atoms with Crippen LogP contribution in [0.25, 0.3) is 0 Å². The van der Waals surface area contributed by atoms with Crippen molar-refractivity contribution < 1.29 is 13.2 Å². The van der Waals surface area contributed by atoms with E-state index in [-0.39, 0.29) is 0 Å². The number of thiazole rings is 1. The van der Waals surface area contributed by atoms with Crippen LogP contribution in [-0.2, 0) is 12.6 Å². The molecule has 2 rings (SSSR count). The van der Waals surface area contributed by atoms with Crippen molar-refractivity contribution in [2.24, 2.45) is 4.99 Å². The largest absolute Gasteiger partial charge is 0.434 e. The highest BCUT2D eigenvalue weighted by Crippen LogP contribution is 2.30. The van der Waals surface area contributed by atoms with Crippen molar-refractivity contribution in [3.05, 3.63) is 16.1 Å². The molecule has 1 aliphatic carbocycles. The molecule has 0 spiro atoms. The van der Waals surface area contributed by atoms with Crippen molar-refractivity contribution in [2.75, 3.05) is 33.7 Å². The lowest BCUT2D eigenvalue weighted by atomic mass is 10.2. The number of rotatable bonds is 7. The van der Waals surface area contributed by atoms with Crippen LogP contribution in [0.15, 0.2) is 10.4 Å². The molecule has 0 atom stereocenters. The molecule has 0 aliphatic heterocycles. The Morgan fingerprint density at radius 2 is 2.00 bits per heavy atom. The first kappa shape index (κ1) is 20.0. The lowest BCUT2D eigenvalue weighted by Crippen LogP contribution is -2.43. The standard InChI is InChI=1S/C16H26F3N5S/c1-20-15(22-9-10-24(2)12-5-3-4-6-12)21-8-7-14-23-13(11-25-14)16(17,18)19/h11-12H,3-10H2,1-2H3,(H2,20,21,22). The van der Waals surface area contributed by atoms with Gasteiger partial charge in [0.15, 0.2) is 11.7 Å². The summed E-state index contributed by atoms with van der Waals surface area (Å²) in [6, 6.07) is 0.685. The van der Waals surface area contributed by atoms with Gasteiger partial charge in [0, 0.05) is 44.5 Å². The van der Waals surface area contributed by atoms with Gasteiger partial charge in [0.1, 0.15) is 0 Å². The molecule has 25 heavy (non-hydrogen) atoms. The van der Waals surface area contributed by atoms with Gasteiger partial charge in [0.2, 0.25) is 0 Å². The number of hydrogen-bond donors (Lipinski definition) is 2. The van der Waals surface area contributed by atoms with Gasteiger partial charge in [-0.2, -0.15) is 13.2 Å². The fourth-order valence-corrected chi connectivity index (χ4v) is 3.75. The van der Waals surface area contributed by atoms with Gasteiger partial charge < -0.3 is 15.5 Å². The zero-order valence-electron chi connectivity index (χ0n) is 14.7. The molecule has 0 bridgehead atoms. The Morgan fingerprint density at radius 1 is 1.32 bits per heavy atom. The number of nitrogens with one attached hydrogen (secondary N) is 2. The van der Waals surface area contributed by atoms with Crippen molar-refractivity contribution in [3.8, 4) is 0 Å². The fourth-order valence-electron chi connectivity index (χ4n) is 2.94. The fraction of sp³-hybridized carbons (Fsp3) is 0.750. The van der Waals surface area contributed by atoms with Crippen LogP contribution in [-0.4, -0.2) is 55.6 Å². The average molecular weight is 377 g/mol. The van der Waals surface area contributed by atoms with Gasteiger partial charge in [-0.05, 0) is 19.9 Å². The lowest BCUT2D eigenvalue weighted by Gasteiger charge is -2.24. The van der Waals surface area contributed by atoms with E-state index in [0.717, 1.165) is 29.8 Å². The Hall–Kier alpha value is -1.35. The molecule has 0 radical (unpaired) electrons. The number of nitrogens with zero attached hydrogens (tertiary/aromatic N) is 3. The number of alkyl halides is 3. The van der Waals surface area contributed by atoms with E-state index < -0.39 is 11.9 Å². The Bertz CT molecular complexity index is 552. The molecule has 142 valence electrons. The summed E-state index contributed by atoms with van der Waals surface area (Å²) in [5.74, 6) is 0.660. The number of hydrogen-bond acceptors (Lipinski definition) is 4. The Balaban J connectivity index is 1.65. The lowest BCUT2D eigenvalue weighted by molar-refractivity contribution is -0.140. The van der Waals surface area contributed by atoms with Crippen molar-refractivity contribution in [1.29, 1.82) is 0 Å². The molecule has 1 aromatic rings. The monoisotopic (exact) mass is 377 g/mol. The highest BCUT2D eigenvalue weighted by molar-refractivity contribution is 7.09. The van der Waals surface area contributed by atoms with Gasteiger partial charge in [-0.25, -0.2) is 4.98 Å². The van der Waals surface area contributed by atoms with Crippen molar-refractivity contribution in [2.45, 2.75) is 44.3 Å². The van der Waals surface area contributed by atoms with Crippen LogP contribution in [0.4, 0.5) is 13.2 Å². The van der Waals surface area contributed by atoms with E-state index in [2.05, 4.69) is 32.6 Å². The summed E-state index contributed by atoms with van der Waals surface area (Å²) in [5, 5.41) is 7.88. The smallest absolute Gasteiger partial charge is 0.356 e. The van der Waals surface area contributed by atoms with Gasteiger partial charge in [-0.1, -0.05) is 12.8 Å². The summed E-state index contributed by atoms with van der Waals surface area (Å²) in [5.41, 5.74) is -0.815. The predicted molar refractivity (Wildman–Crippen MR) is 95.1 cm³/mol. The molecule has 1 aliphatic rings. The second-order valence-electron chi connectivity index (χ2n) is 6.22. The Labute approximate surface area is 150 Å². The number of guanidine groups is 1. The Morgan fingerprint density at radius 3 is 2.60 bits per heavy atom. The summed E-state index contributed by atoms with van der Waals surface area (Å²) in [7, 11) is 3.83. The summed E-state index contributed by atoms with van der Waals surface area (Å²) >= 11 is 1.03. The van der Waals surface area contributed by atoms with Crippen LogP contribution in [0.5, 0.6) is 0 Å². The normalized spacial score (nSPS) is 16.6. The minimum Gasteiger partial charge on any atom is -0.356 e. The molecular weight excluding hydrogens is 351 g/mol. The number of aliphatic imine (C=N–C) groups is 1. The van der Waals surface area contributed by atoms with E-state index in [1.54, 1.807) is 7.05 Å². The van der Waals surface area contributed by atoms with E-state index >= 15 is 0 Å². The maximum atomic E-state index is 12.5. The van der Waals surface area contributed by atoms with Gasteiger partial charge in [0.05, 0.1) is 5.01 Å². The summed E-state index contributed by atoms with van der Waals surface area (Å²) in [6.45, 7) is 2.21. The topological polar surface area (TPSA) is 52.6 Å². The molecule has 0 saturated heterocycles. The number of halogens is 3. The van der Waals surface area contributed by atoms with Crippen LogP contribution in [0.2, 0.25) is 0 Å². The van der Waals surface area contributed by atoms with Gasteiger partial charge in [-0.15, -0.1) is 11.3 Å². The second kappa shape index (κ2) is 9.38.